The molecule has 0 aliphatic rings. The van der Waals surface area contributed by atoms with E-state index in [-0.39, 0.29) is 0 Å². The third kappa shape index (κ3) is 1.47. The second kappa shape index (κ2) is 3.07. The van der Waals surface area contributed by atoms with Gasteiger partial charge in [0.1, 0.15) is 0 Å². The Morgan fingerprint density at radius 2 is 1.75 bits per heavy atom. The van der Waals surface area contributed by atoms with Crippen molar-refractivity contribution in [1.29, 1.82) is 0 Å². The third-order valence-corrected chi connectivity index (χ3v) is 1.78. The summed E-state index contributed by atoms with van der Waals surface area (Å²) in [6, 6.07) is 9.81. The Morgan fingerprint density at radius 1 is 1.12 bits per heavy atom. The van der Waals surface area contributed by atoms with Crippen LogP contribution in [0, 0.1) is 0 Å². The molecular formula is C6H5OPb. The summed E-state index contributed by atoms with van der Waals surface area (Å²) in [4.78, 5) is 0. The van der Waals surface area contributed by atoms with Crippen molar-refractivity contribution in [3.63, 3.8) is 0 Å². The van der Waals surface area contributed by atoms with Gasteiger partial charge in [0.05, 0.1) is 0 Å². The number of hydrogen-bond acceptors (Lipinski definition) is 1. The Kier molecular flexibility index (Phi) is 2.33. The molecule has 1 aromatic rings. The summed E-state index contributed by atoms with van der Waals surface area (Å²) < 4.78 is 5.05. The van der Waals surface area contributed by atoms with E-state index in [9.17, 15) is 0 Å². The monoisotopic (exact) mass is 301 g/mol. The van der Waals surface area contributed by atoms with Crippen molar-refractivity contribution < 1.29 is 2.69 Å². The average molecular weight is 300 g/mol. The molecular weight excluding hydrogens is 295 g/mol. The van der Waals surface area contributed by atoms with Crippen LogP contribution < -0.4 is 2.69 Å². The van der Waals surface area contributed by atoms with Crippen LogP contribution in [0.2, 0.25) is 0 Å². The summed E-state index contributed by atoms with van der Waals surface area (Å²) in [5.41, 5.74) is 0. The quantitative estimate of drug-likeness (QED) is 0.707. The predicted octanol–water partition coefficient (Wildman–Crippen LogP) is 1.15. The van der Waals surface area contributed by atoms with Gasteiger partial charge in [-0.25, -0.2) is 0 Å². The molecule has 1 nitrogen and oxygen atoms in total. The number of benzene rings is 1. The first-order valence-corrected chi connectivity index (χ1v) is 3.91. The fourth-order valence-corrected chi connectivity index (χ4v) is 1.02. The van der Waals surface area contributed by atoms with Crippen LogP contribution in [0.4, 0.5) is 0 Å². The standard InChI is InChI=1S/C6H6O.Pb/c7-6-4-2-1-3-5-6;/h1-5,7H;/q;+1/p-1. The summed E-state index contributed by atoms with van der Waals surface area (Å²) in [6.07, 6.45) is 0. The van der Waals surface area contributed by atoms with Gasteiger partial charge in [0, 0.05) is 0 Å². The van der Waals surface area contributed by atoms with Crippen LogP contribution in [0.1, 0.15) is 0 Å². The zero-order chi connectivity index (χ0) is 5.82. The SMILES string of the molecule is [Pb][O]c1ccccc1. The molecule has 0 aromatic heterocycles. The molecule has 0 heterocycles. The van der Waals surface area contributed by atoms with Gasteiger partial charge in [0.25, 0.3) is 0 Å². The van der Waals surface area contributed by atoms with Gasteiger partial charge in [-0.3, -0.25) is 0 Å². The van der Waals surface area contributed by atoms with E-state index >= 15 is 0 Å². The summed E-state index contributed by atoms with van der Waals surface area (Å²) in [6.45, 7) is 0. The van der Waals surface area contributed by atoms with Gasteiger partial charge in [0.15, 0.2) is 0 Å². The topological polar surface area (TPSA) is 9.23 Å². The molecule has 0 bridgehead atoms. The predicted molar refractivity (Wildman–Crippen MR) is 32.8 cm³/mol. The first-order valence-electron chi connectivity index (χ1n) is 2.32. The van der Waals surface area contributed by atoms with Gasteiger partial charge in [-0.1, -0.05) is 0 Å². The fraction of sp³-hybridized carbons (Fsp3) is 0. The van der Waals surface area contributed by atoms with Crippen molar-refractivity contribution in [3.8, 4) is 5.75 Å². The summed E-state index contributed by atoms with van der Waals surface area (Å²) in [7, 11) is 0. The maximum atomic E-state index is 5.05. The van der Waals surface area contributed by atoms with Crippen molar-refractivity contribution in [1.82, 2.24) is 0 Å². The molecule has 0 fully saturated rings. The molecule has 1 aromatic carbocycles. The van der Waals surface area contributed by atoms with Gasteiger partial charge in [-0.05, 0) is 0 Å². The first-order chi connectivity index (χ1) is 3.93. The Balaban J connectivity index is 2.83. The van der Waals surface area contributed by atoms with Gasteiger partial charge >= 0.3 is 65.0 Å². The zero-order valence-electron chi connectivity index (χ0n) is 4.29. The first kappa shape index (κ1) is 6.07. The number of rotatable bonds is 1. The second-order valence-electron chi connectivity index (χ2n) is 1.42. The van der Waals surface area contributed by atoms with Gasteiger partial charge in [-0.2, -0.15) is 0 Å². The molecule has 0 aliphatic heterocycles. The normalized spacial score (nSPS) is 8.62. The molecule has 0 saturated carbocycles. The Bertz CT molecular complexity index is 150. The van der Waals surface area contributed by atoms with Crippen LogP contribution in [0.5, 0.6) is 5.75 Å². The van der Waals surface area contributed by atoms with Crippen LogP contribution >= 0.6 is 0 Å². The Morgan fingerprint density at radius 3 is 2.12 bits per heavy atom. The molecule has 0 unspecified atom stereocenters. The summed E-state index contributed by atoms with van der Waals surface area (Å²) in [5, 5.41) is 0. The van der Waals surface area contributed by atoms with E-state index < -0.39 is 0 Å². The van der Waals surface area contributed by atoms with E-state index in [1.807, 2.05) is 30.3 Å². The van der Waals surface area contributed by atoms with Crippen LogP contribution in [0.15, 0.2) is 30.3 Å². The number of hydrogen-bond donors (Lipinski definition) is 0. The van der Waals surface area contributed by atoms with E-state index in [1.165, 1.54) is 0 Å². The Labute approximate surface area is 65.0 Å². The molecule has 0 atom stereocenters. The molecule has 8 heavy (non-hydrogen) atoms. The summed E-state index contributed by atoms with van der Waals surface area (Å²) in [5.74, 6) is 0.971. The van der Waals surface area contributed by atoms with Crippen molar-refractivity contribution in [3.05, 3.63) is 30.3 Å². The van der Waals surface area contributed by atoms with E-state index in [2.05, 4.69) is 0 Å². The molecule has 3 radical (unpaired) electrons. The van der Waals surface area contributed by atoms with Gasteiger partial charge in [-0.15, -0.1) is 0 Å². The zero-order valence-corrected chi connectivity index (χ0v) is 8.18. The maximum absolute atomic E-state index is 5.05. The number of para-hydroxylation sites is 1. The third-order valence-electron chi connectivity index (χ3n) is 0.861. The minimum atomic E-state index is 0.777. The van der Waals surface area contributed by atoms with E-state index in [0.29, 0.717) is 0 Å². The van der Waals surface area contributed by atoms with E-state index in [0.717, 1.165) is 32.0 Å². The van der Waals surface area contributed by atoms with Gasteiger partial charge in [0.2, 0.25) is 0 Å². The molecule has 2 heteroatoms. The second-order valence-corrected chi connectivity index (χ2v) is 2.21. The van der Waals surface area contributed by atoms with Gasteiger partial charge < -0.3 is 0 Å². The molecule has 0 aliphatic carbocycles. The average Bonchev–Trinajstić information content (AvgIpc) is 1.90. The Hall–Kier alpha value is -0.0579. The van der Waals surface area contributed by atoms with Crippen LogP contribution in [-0.2, 0) is 0 Å². The molecule has 0 N–H and O–H groups in total. The molecule has 0 amide bonds. The van der Waals surface area contributed by atoms with Crippen molar-refractivity contribution >= 4 is 26.2 Å². The van der Waals surface area contributed by atoms with Crippen molar-refractivity contribution in [2.24, 2.45) is 0 Å². The molecule has 0 spiro atoms. The van der Waals surface area contributed by atoms with E-state index in [4.69, 9.17) is 2.69 Å². The van der Waals surface area contributed by atoms with Crippen molar-refractivity contribution in [2.45, 2.75) is 0 Å². The van der Waals surface area contributed by atoms with Crippen LogP contribution in [-0.4, -0.2) is 26.2 Å². The molecule has 1 rings (SSSR count). The molecule has 0 saturated heterocycles. The van der Waals surface area contributed by atoms with Crippen LogP contribution in [0.25, 0.3) is 0 Å². The minimum absolute atomic E-state index is 0.777. The van der Waals surface area contributed by atoms with E-state index in [1.54, 1.807) is 0 Å². The van der Waals surface area contributed by atoms with Crippen LogP contribution in [0.3, 0.4) is 0 Å². The summed E-state index contributed by atoms with van der Waals surface area (Å²) >= 11 is 0.777. The van der Waals surface area contributed by atoms with Crippen molar-refractivity contribution in [2.75, 3.05) is 0 Å². The molecule has 39 valence electrons. The fourth-order valence-electron chi connectivity index (χ4n) is 0.489.